The zero-order valence-electron chi connectivity index (χ0n) is 13.4. The monoisotopic (exact) mass is 369 g/mol. The molecule has 2 heterocycles. The molecule has 0 amide bonds. The van der Waals surface area contributed by atoms with Crippen LogP contribution in [0.15, 0.2) is 30.5 Å². The SMILES string of the molecule is OC(COc1ccn(-c2ccc(Cl)c(Cl)c2)n1)CN1CCCCC1. The van der Waals surface area contributed by atoms with E-state index in [0.717, 1.165) is 18.8 Å². The van der Waals surface area contributed by atoms with Gasteiger partial charge in [0.25, 0.3) is 0 Å². The van der Waals surface area contributed by atoms with E-state index in [0.29, 0.717) is 22.5 Å². The zero-order valence-corrected chi connectivity index (χ0v) is 14.9. The van der Waals surface area contributed by atoms with Gasteiger partial charge in [0.1, 0.15) is 12.7 Å². The summed E-state index contributed by atoms with van der Waals surface area (Å²) in [5.41, 5.74) is 0.799. The molecule has 2 aromatic rings. The lowest BCUT2D eigenvalue weighted by molar-refractivity contribution is 0.0601. The topological polar surface area (TPSA) is 50.5 Å². The molecule has 3 rings (SSSR count). The van der Waals surface area contributed by atoms with Crippen LogP contribution in [0.2, 0.25) is 10.0 Å². The molecule has 1 unspecified atom stereocenters. The van der Waals surface area contributed by atoms with Crippen LogP contribution in [0.3, 0.4) is 0 Å². The second-order valence-electron chi connectivity index (χ2n) is 6.02. The second kappa shape index (κ2) is 8.21. The number of ether oxygens (including phenoxy) is 1. The molecule has 0 bridgehead atoms. The Kier molecular flexibility index (Phi) is 6.00. The fourth-order valence-corrected chi connectivity index (χ4v) is 3.12. The maximum absolute atomic E-state index is 10.1. The predicted molar refractivity (Wildman–Crippen MR) is 95.4 cm³/mol. The van der Waals surface area contributed by atoms with Crippen LogP contribution in [0.25, 0.3) is 5.69 Å². The Morgan fingerprint density at radius 3 is 2.67 bits per heavy atom. The maximum Gasteiger partial charge on any atom is 0.233 e. The number of aliphatic hydroxyl groups is 1. The van der Waals surface area contributed by atoms with E-state index in [2.05, 4.69) is 10.00 Å². The average Bonchev–Trinajstić information content (AvgIpc) is 3.05. The molecule has 5 nitrogen and oxygen atoms in total. The molecule has 1 aliphatic rings. The van der Waals surface area contributed by atoms with E-state index in [-0.39, 0.29) is 6.61 Å². The van der Waals surface area contributed by atoms with Gasteiger partial charge in [-0.15, -0.1) is 5.10 Å². The van der Waals surface area contributed by atoms with Gasteiger partial charge >= 0.3 is 0 Å². The molecule has 1 aromatic heterocycles. The molecule has 130 valence electrons. The Morgan fingerprint density at radius 1 is 1.12 bits per heavy atom. The first-order valence-corrected chi connectivity index (χ1v) is 8.92. The van der Waals surface area contributed by atoms with Crippen LogP contribution in [0.4, 0.5) is 0 Å². The van der Waals surface area contributed by atoms with Crippen LogP contribution in [0.5, 0.6) is 5.88 Å². The Hall–Kier alpha value is -1.27. The van der Waals surface area contributed by atoms with Gasteiger partial charge in [-0.05, 0) is 44.1 Å². The summed E-state index contributed by atoms with van der Waals surface area (Å²) in [6.45, 7) is 2.99. The van der Waals surface area contributed by atoms with Crippen molar-refractivity contribution in [2.45, 2.75) is 25.4 Å². The summed E-state index contributed by atoms with van der Waals surface area (Å²) in [6.07, 6.45) is 4.97. The van der Waals surface area contributed by atoms with Crippen LogP contribution >= 0.6 is 23.2 Å². The highest BCUT2D eigenvalue weighted by atomic mass is 35.5. The van der Waals surface area contributed by atoms with Gasteiger partial charge in [0, 0.05) is 18.8 Å². The molecule has 1 fully saturated rings. The van der Waals surface area contributed by atoms with E-state index in [4.69, 9.17) is 27.9 Å². The highest BCUT2D eigenvalue weighted by Gasteiger charge is 2.15. The van der Waals surface area contributed by atoms with Crippen molar-refractivity contribution in [2.75, 3.05) is 26.2 Å². The molecule has 1 saturated heterocycles. The third-order valence-electron chi connectivity index (χ3n) is 4.07. The Balaban J connectivity index is 1.52. The summed E-state index contributed by atoms with van der Waals surface area (Å²) < 4.78 is 7.26. The highest BCUT2D eigenvalue weighted by molar-refractivity contribution is 6.42. The maximum atomic E-state index is 10.1. The first-order chi connectivity index (χ1) is 11.6. The highest BCUT2D eigenvalue weighted by Crippen LogP contribution is 2.24. The van der Waals surface area contributed by atoms with Gasteiger partial charge in [-0.2, -0.15) is 0 Å². The minimum atomic E-state index is -0.516. The van der Waals surface area contributed by atoms with Crippen LogP contribution in [0, 0.1) is 0 Å². The van der Waals surface area contributed by atoms with Crippen molar-refractivity contribution in [3.63, 3.8) is 0 Å². The summed E-state index contributed by atoms with van der Waals surface area (Å²) in [5, 5.41) is 15.4. The van der Waals surface area contributed by atoms with E-state index in [1.165, 1.54) is 19.3 Å². The van der Waals surface area contributed by atoms with Crippen molar-refractivity contribution in [2.24, 2.45) is 0 Å². The summed E-state index contributed by atoms with van der Waals surface area (Å²) in [6, 6.07) is 7.06. The largest absolute Gasteiger partial charge is 0.474 e. The first-order valence-electron chi connectivity index (χ1n) is 8.16. The van der Waals surface area contributed by atoms with Crippen LogP contribution < -0.4 is 4.74 Å². The predicted octanol–water partition coefficient (Wildman–Crippen LogP) is 3.40. The molecule has 24 heavy (non-hydrogen) atoms. The summed E-state index contributed by atoms with van der Waals surface area (Å²) >= 11 is 11.9. The Labute approximate surface area is 151 Å². The number of piperidine rings is 1. The molecule has 1 N–H and O–H groups in total. The molecular formula is C17H21Cl2N3O2. The molecular weight excluding hydrogens is 349 g/mol. The minimum absolute atomic E-state index is 0.231. The van der Waals surface area contributed by atoms with E-state index < -0.39 is 6.10 Å². The lowest BCUT2D eigenvalue weighted by atomic mass is 10.1. The van der Waals surface area contributed by atoms with Crippen molar-refractivity contribution < 1.29 is 9.84 Å². The van der Waals surface area contributed by atoms with Gasteiger partial charge in [0.2, 0.25) is 5.88 Å². The standard InChI is InChI=1S/C17H21Cl2N3O2/c18-15-5-4-13(10-16(15)19)22-9-6-17(20-22)24-12-14(23)11-21-7-2-1-3-8-21/h4-6,9-10,14,23H,1-3,7-8,11-12H2. The van der Waals surface area contributed by atoms with Crippen molar-refractivity contribution in [1.29, 1.82) is 0 Å². The second-order valence-corrected chi connectivity index (χ2v) is 6.84. The van der Waals surface area contributed by atoms with E-state index in [1.54, 1.807) is 29.1 Å². The summed E-state index contributed by atoms with van der Waals surface area (Å²) in [7, 11) is 0. The van der Waals surface area contributed by atoms with E-state index >= 15 is 0 Å². The number of hydrogen-bond donors (Lipinski definition) is 1. The van der Waals surface area contributed by atoms with Crippen molar-refractivity contribution in [1.82, 2.24) is 14.7 Å². The third kappa shape index (κ3) is 4.63. The van der Waals surface area contributed by atoms with Crippen molar-refractivity contribution >= 4 is 23.2 Å². The lowest BCUT2D eigenvalue weighted by Crippen LogP contribution is -2.38. The number of likely N-dealkylation sites (tertiary alicyclic amines) is 1. The average molecular weight is 370 g/mol. The van der Waals surface area contributed by atoms with Crippen LogP contribution in [0.1, 0.15) is 19.3 Å². The van der Waals surface area contributed by atoms with Crippen molar-refractivity contribution in [3.05, 3.63) is 40.5 Å². The van der Waals surface area contributed by atoms with E-state index in [9.17, 15) is 5.11 Å². The fourth-order valence-electron chi connectivity index (χ4n) is 2.83. The van der Waals surface area contributed by atoms with Gasteiger partial charge in [0.05, 0.1) is 15.7 Å². The number of benzene rings is 1. The Bertz CT molecular complexity index is 672. The Morgan fingerprint density at radius 2 is 1.92 bits per heavy atom. The smallest absolute Gasteiger partial charge is 0.233 e. The quantitative estimate of drug-likeness (QED) is 0.847. The van der Waals surface area contributed by atoms with Gasteiger partial charge in [-0.25, -0.2) is 4.68 Å². The van der Waals surface area contributed by atoms with Crippen LogP contribution in [-0.2, 0) is 0 Å². The number of nitrogens with zero attached hydrogens (tertiary/aromatic N) is 3. The molecule has 1 aliphatic heterocycles. The van der Waals surface area contributed by atoms with Gasteiger partial charge in [-0.1, -0.05) is 29.6 Å². The number of halogens is 2. The molecule has 0 radical (unpaired) electrons. The van der Waals surface area contributed by atoms with Gasteiger partial charge in [-0.3, -0.25) is 0 Å². The van der Waals surface area contributed by atoms with Gasteiger partial charge < -0.3 is 14.7 Å². The number of rotatable bonds is 6. The molecule has 1 aromatic carbocycles. The minimum Gasteiger partial charge on any atom is -0.474 e. The summed E-state index contributed by atoms with van der Waals surface area (Å²) in [5.74, 6) is 0.471. The number of hydrogen-bond acceptors (Lipinski definition) is 4. The molecule has 1 atom stereocenters. The normalized spacial score (nSPS) is 17.0. The molecule has 7 heteroatoms. The van der Waals surface area contributed by atoms with Crippen LogP contribution in [-0.4, -0.2) is 52.1 Å². The van der Waals surface area contributed by atoms with Gasteiger partial charge in [0.15, 0.2) is 0 Å². The molecule has 0 aliphatic carbocycles. The lowest BCUT2D eigenvalue weighted by Gasteiger charge is -2.28. The third-order valence-corrected chi connectivity index (χ3v) is 4.81. The molecule has 0 saturated carbocycles. The first kappa shape index (κ1) is 17.5. The fraction of sp³-hybridized carbons (Fsp3) is 0.471. The molecule has 0 spiro atoms. The van der Waals surface area contributed by atoms with E-state index in [1.807, 2.05) is 6.07 Å². The van der Waals surface area contributed by atoms with Crippen molar-refractivity contribution in [3.8, 4) is 11.6 Å². The number of β-amino-alcohol motifs (C(OH)–C–C–N with tert-alkyl or cyclic N) is 1. The summed E-state index contributed by atoms with van der Waals surface area (Å²) in [4.78, 5) is 2.28. The zero-order chi connectivity index (χ0) is 16.9. The number of aliphatic hydroxyl groups excluding tert-OH is 1. The number of aromatic nitrogens is 2.